The van der Waals surface area contributed by atoms with Crippen molar-refractivity contribution in [3.05, 3.63) is 35.9 Å². The molecule has 3 heteroatoms. The summed E-state index contributed by atoms with van der Waals surface area (Å²) in [5.41, 5.74) is 6.89. The zero-order chi connectivity index (χ0) is 13.9. The Morgan fingerprint density at radius 3 is 2.47 bits per heavy atom. The Kier molecular flexibility index (Phi) is 4.25. The lowest BCUT2D eigenvalue weighted by molar-refractivity contribution is -0.132. The van der Waals surface area contributed by atoms with Gasteiger partial charge in [0.1, 0.15) is 0 Å². The Morgan fingerprint density at radius 1 is 1.32 bits per heavy atom. The van der Waals surface area contributed by atoms with Crippen LogP contribution < -0.4 is 5.73 Å². The first-order valence-corrected chi connectivity index (χ1v) is 7.08. The smallest absolute Gasteiger partial charge is 0.223 e. The van der Waals surface area contributed by atoms with Crippen LogP contribution in [0.2, 0.25) is 0 Å². The van der Waals surface area contributed by atoms with E-state index >= 15 is 0 Å². The largest absolute Gasteiger partial charge is 0.335 e. The number of hydrogen-bond acceptors (Lipinski definition) is 2. The van der Waals surface area contributed by atoms with Gasteiger partial charge in [-0.25, -0.2) is 0 Å². The monoisotopic (exact) mass is 260 g/mol. The van der Waals surface area contributed by atoms with Gasteiger partial charge in [-0.15, -0.1) is 0 Å². The zero-order valence-corrected chi connectivity index (χ0v) is 11.9. The van der Waals surface area contributed by atoms with E-state index < -0.39 is 0 Å². The average Bonchev–Trinajstić information content (AvgIpc) is 3.18. The van der Waals surface area contributed by atoms with Gasteiger partial charge in [0, 0.05) is 24.5 Å². The predicted molar refractivity (Wildman–Crippen MR) is 77.5 cm³/mol. The molecule has 19 heavy (non-hydrogen) atoms. The molecule has 0 aliphatic heterocycles. The van der Waals surface area contributed by atoms with Crippen LogP contribution in [0.4, 0.5) is 0 Å². The van der Waals surface area contributed by atoms with Crippen molar-refractivity contribution in [2.75, 3.05) is 0 Å². The van der Waals surface area contributed by atoms with E-state index in [4.69, 9.17) is 5.73 Å². The van der Waals surface area contributed by atoms with Crippen LogP contribution in [0.3, 0.4) is 0 Å². The third-order valence-corrected chi connectivity index (χ3v) is 3.49. The van der Waals surface area contributed by atoms with Crippen LogP contribution in [0.5, 0.6) is 0 Å². The highest BCUT2D eigenvalue weighted by Crippen LogP contribution is 2.29. The van der Waals surface area contributed by atoms with E-state index in [0.29, 0.717) is 12.5 Å². The Bertz CT molecular complexity index is 418. The number of carbonyl (C=O) groups is 1. The molecule has 3 nitrogen and oxygen atoms in total. The normalized spacial score (nSPS) is 15.3. The number of carbonyl (C=O) groups excluding carboxylic acids is 1. The minimum Gasteiger partial charge on any atom is -0.335 e. The molecular weight excluding hydrogens is 236 g/mol. The van der Waals surface area contributed by atoms with Gasteiger partial charge in [-0.05, 0) is 38.7 Å². The third kappa shape index (κ3) is 4.67. The molecule has 104 valence electrons. The van der Waals surface area contributed by atoms with Crippen LogP contribution >= 0.6 is 0 Å². The van der Waals surface area contributed by atoms with Gasteiger partial charge in [-0.2, -0.15) is 0 Å². The molecule has 0 unspecified atom stereocenters. The van der Waals surface area contributed by atoms with Crippen LogP contribution in [0.25, 0.3) is 0 Å². The van der Waals surface area contributed by atoms with E-state index in [1.165, 1.54) is 5.56 Å². The lowest BCUT2D eigenvalue weighted by Crippen LogP contribution is -2.37. The second-order valence-electron chi connectivity index (χ2n) is 6.23. The highest BCUT2D eigenvalue weighted by Gasteiger charge is 2.32. The van der Waals surface area contributed by atoms with Gasteiger partial charge in [0.2, 0.25) is 5.91 Å². The van der Waals surface area contributed by atoms with Crippen molar-refractivity contribution in [1.29, 1.82) is 0 Å². The summed E-state index contributed by atoms with van der Waals surface area (Å²) in [6.07, 6.45) is 3.58. The maximum absolute atomic E-state index is 12.3. The Hall–Kier alpha value is -1.35. The summed E-state index contributed by atoms with van der Waals surface area (Å²) in [4.78, 5) is 14.4. The number of benzene rings is 1. The fourth-order valence-corrected chi connectivity index (χ4v) is 2.16. The molecule has 0 aromatic heterocycles. The van der Waals surface area contributed by atoms with E-state index in [1.807, 2.05) is 36.9 Å². The standard InChI is InChI=1S/C16H24N2O/c1-16(2,17)11-10-15(19)18(14-8-9-14)12-13-6-4-3-5-7-13/h3-7,14H,8-12,17H2,1-2H3. The van der Waals surface area contributed by atoms with Gasteiger partial charge in [0.05, 0.1) is 0 Å². The predicted octanol–water partition coefficient (Wildman–Crippen LogP) is 2.70. The SMILES string of the molecule is CC(C)(N)CCC(=O)N(Cc1ccccc1)C1CC1. The van der Waals surface area contributed by atoms with Crippen molar-refractivity contribution in [2.24, 2.45) is 5.73 Å². The van der Waals surface area contributed by atoms with E-state index in [2.05, 4.69) is 12.1 Å². The highest BCUT2D eigenvalue weighted by atomic mass is 16.2. The number of hydrogen-bond donors (Lipinski definition) is 1. The van der Waals surface area contributed by atoms with E-state index in [9.17, 15) is 4.79 Å². The van der Waals surface area contributed by atoms with Gasteiger partial charge in [-0.1, -0.05) is 30.3 Å². The second kappa shape index (κ2) is 5.74. The van der Waals surface area contributed by atoms with Crippen molar-refractivity contribution in [3.8, 4) is 0 Å². The first-order chi connectivity index (χ1) is 8.96. The van der Waals surface area contributed by atoms with Crippen LogP contribution in [0.15, 0.2) is 30.3 Å². The van der Waals surface area contributed by atoms with Crippen molar-refractivity contribution in [3.63, 3.8) is 0 Å². The zero-order valence-electron chi connectivity index (χ0n) is 11.9. The summed E-state index contributed by atoms with van der Waals surface area (Å²) in [6.45, 7) is 4.67. The number of nitrogens with zero attached hydrogens (tertiary/aromatic N) is 1. The number of nitrogens with two attached hydrogens (primary N) is 1. The highest BCUT2D eigenvalue weighted by molar-refractivity contribution is 5.77. The molecule has 1 fully saturated rings. The van der Waals surface area contributed by atoms with Crippen molar-refractivity contribution in [1.82, 2.24) is 4.90 Å². The fraction of sp³-hybridized carbons (Fsp3) is 0.562. The first-order valence-electron chi connectivity index (χ1n) is 7.08. The lowest BCUT2D eigenvalue weighted by atomic mass is 9.99. The Balaban J connectivity index is 1.94. The lowest BCUT2D eigenvalue weighted by Gasteiger charge is -2.25. The summed E-state index contributed by atoms with van der Waals surface area (Å²) < 4.78 is 0. The molecule has 0 saturated heterocycles. The molecule has 0 spiro atoms. The van der Waals surface area contributed by atoms with Gasteiger partial charge in [0.15, 0.2) is 0 Å². The van der Waals surface area contributed by atoms with Crippen LogP contribution in [0, 0.1) is 0 Å². The third-order valence-electron chi connectivity index (χ3n) is 3.49. The molecule has 2 N–H and O–H groups in total. The van der Waals surface area contributed by atoms with Gasteiger partial charge >= 0.3 is 0 Å². The van der Waals surface area contributed by atoms with Crippen molar-refractivity contribution >= 4 is 5.91 Å². The van der Waals surface area contributed by atoms with E-state index in [1.54, 1.807) is 0 Å². The van der Waals surface area contributed by atoms with Crippen LogP contribution in [0.1, 0.15) is 45.1 Å². The summed E-state index contributed by atoms with van der Waals surface area (Å²) in [5.74, 6) is 0.241. The molecule has 1 aliphatic carbocycles. The molecule has 0 atom stereocenters. The Morgan fingerprint density at radius 2 is 1.95 bits per heavy atom. The number of rotatable bonds is 6. The molecular formula is C16H24N2O. The quantitative estimate of drug-likeness (QED) is 0.854. The maximum Gasteiger partial charge on any atom is 0.223 e. The van der Waals surface area contributed by atoms with Gasteiger partial charge in [-0.3, -0.25) is 4.79 Å². The molecule has 1 aliphatic rings. The molecule has 0 heterocycles. The summed E-state index contributed by atoms with van der Waals surface area (Å²) in [7, 11) is 0. The van der Waals surface area contributed by atoms with E-state index in [-0.39, 0.29) is 11.4 Å². The summed E-state index contributed by atoms with van der Waals surface area (Å²) in [6, 6.07) is 10.7. The molecule has 1 amide bonds. The minimum absolute atomic E-state index is 0.241. The molecule has 0 radical (unpaired) electrons. The minimum atomic E-state index is -0.266. The molecule has 1 aromatic carbocycles. The van der Waals surface area contributed by atoms with Gasteiger partial charge < -0.3 is 10.6 Å². The Labute approximate surface area is 115 Å². The van der Waals surface area contributed by atoms with Crippen LogP contribution in [-0.4, -0.2) is 22.4 Å². The molecule has 1 saturated carbocycles. The maximum atomic E-state index is 12.3. The summed E-state index contributed by atoms with van der Waals surface area (Å²) >= 11 is 0. The second-order valence-corrected chi connectivity index (χ2v) is 6.23. The van der Waals surface area contributed by atoms with E-state index in [0.717, 1.165) is 25.8 Å². The summed E-state index contributed by atoms with van der Waals surface area (Å²) in [5, 5.41) is 0. The van der Waals surface area contributed by atoms with Crippen LogP contribution in [-0.2, 0) is 11.3 Å². The van der Waals surface area contributed by atoms with Crippen molar-refractivity contribution < 1.29 is 4.79 Å². The number of amides is 1. The average molecular weight is 260 g/mol. The first kappa shape index (κ1) is 14.1. The van der Waals surface area contributed by atoms with Crippen molar-refractivity contribution in [2.45, 2.75) is 57.7 Å². The molecule has 1 aromatic rings. The van der Waals surface area contributed by atoms with Gasteiger partial charge in [0.25, 0.3) is 0 Å². The molecule has 2 rings (SSSR count). The molecule has 0 bridgehead atoms. The fourth-order valence-electron chi connectivity index (χ4n) is 2.16. The topological polar surface area (TPSA) is 46.3 Å².